The van der Waals surface area contributed by atoms with E-state index in [9.17, 15) is 14.9 Å². The zero-order valence-electron chi connectivity index (χ0n) is 14.0. The smallest absolute Gasteiger partial charge is 0.271 e. The van der Waals surface area contributed by atoms with Gasteiger partial charge in [0.2, 0.25) is 5.91 Å². The Morgan fingerprint density at radius 2 is 1.96 bits per heavy atom. The molecule has 0 saturated carbocycles. The number of likely N-dealkylation sites (N-methyl/N-ethyl adjacent to an activating group) is 1. The van der Waals surface area contributed by atoms with Gasteiger partial charge in [0.25, 0.3) is 5.69 Å². The van der Waals surface area contributed by atoms with Crippen LogP contribution in [0.3, 0.4) is 0 Å². The molecule has 0 atom stereocenters. The third-order valence-electron chi connectivity index (χ3n) is 4.37. The van der Waals surface area contributed by atoms with Crippen LogP contribution in [0.4, 0.5) is 17.1 Å². The molecule has 2 rings (SSSR count). The fraction of sp³-hybridized carbons (Fsp3) is 0.562. The van der Waals surface area contributed by atoms with Crippen LogP contribution in [0.25, 0.3) is 0 Å². The molecule has 0 unspecified atom stereocenters. The number of hydrogen-bond acceptors (Lipinski definition) is 5. The summed E-state index contributed by atoms with van der Waals surface area (Å²) in [4.78, 5) is 28.5. The molecule has 0 aliphatic carbocycles. The van der Waals surface area contributed by atoms with Gasteiger partial charge in [-0.15, -0.1) is 0 Å². The van der Waals surface area contributed by atoms with E-state index in [0.29, 0.717) is 12.2 Å². The Hall–Kier alpha value is -2.15. The standard InChI is InChI=1S/C16H24N4O3/c1-4-18(5-2)9-6-10-19-12-16(21)17(3)15-11-13(20(22)23)7-8-14(15)19/h7-8,11H,4-6,9-10,12H2,1-3H3. The molecule has 0 radical (unpaired) electrons. The molecule has 0 spiro atoms. The lowest BCUT2D eigenvalue weighted by Crippen LogP contribution is -2.44. The number of nitro benzene ring substituents is 1. The number of nitrogens with zero attached hydrogens (tertiary/aromatic N) is 4. The second-order valence-electron chi connectivity index (χ2n) is 5.68. The topological polar surface area (TPSA) is 69.9 Å². The fourth-order valence-electron chi connectivity index (χ4n) is 2.87. The Balaban J connectivity index is 2.16. The van der Waals surface area contributed by atoms with Gasteiger partial charge in [0.1, 0.15) is 0 Å². The number of benzene rings is 1. The van der Waals surface area contributed by atoms with Crippen molar-refractivity contribution < 1.29 is 9.72 Å². The van der Waals surface area contributed by atoms with Crippen LogP contribution >= 0.6 is 0 Å². The summed E-state index contributed by atoms with van der Waals surface area (Å²) >= 11 is 0. The van der Waals surface area contributed by atoms with Crippen LogP contribution < -0.4 is 9.80 Å². The van der Waals surface area contributed by atoms with Crippen molar-refractivity contribution in [2.45, 2.75) is 20.3 Å². The van der Waals surface area contributed by atoms with Crippen LogP contribution in [0, 0.1) is 10.1 Å². The minimum absolute atomic E-state index is 0.00777. The van der Waals surface area contributed by atoms with Crippen molar-refractivity contribution in [1.29, 1.82) is 0 Å². The summed E-state index contributed by atoms with van der Waals surface area (Å²) in [6.07, 6.45) is 0.953. The highest BCUT2D eigenvalue weighted by Gasteiger charge is 2.28. The first-order valence-corrected chi connectivity index (χ1v) is 8.00. The fourth-order valence-corrected chi connectivity index (χ4v) is 2.87. The van der Waals surface area contributed by atoms with Crippen molar-refractivity contribution in [3.05, 3.63) is 28.3 Å². The minimum Gasteiger partial charge on any atom is -0.360 e. The number of carbonyl (C=O) groups is 1. The lowest BCUT2D eigenvalue weighted by molar-refractivity contribution is -0.384. The summed E-state index contributed by atoms with van der Waals surface area (Å²) in [5.41, 5.74) is 1.50. The Morgan fingerprint density at radius 3 is 2.57 bits per heavy atom. The maximum Gasteiger partial charge on any atom is 0.271 e. The van der Waals surface area contributed by atoms with Crippen LogP contribution in [0.5, 0.6) is 0 Å². The summed E-state index contributed by atoms with van der Waals surface area (Å²) in [5.74, 6) is -0.0409. The van der Waals surface area contributed by atoms with Crippen LogP contribution in [0.1, 0.15) is 20.3 Å². The number of nitro groups is 1. The van der Waals surface area contributed by atoms with E-state index in [-0.39, 0.29) is 11.6 Å². The number of rotatable bonds is 7. The zero-order valence-corrected chi connectivity index (χ0v) is 14.0. The molecule has 7 nitrogen and oxygen atoms in total. The highest BCUT2D eigenvalue weighted by molar-refractivity contribution is 6.03. The summed E-state index contributed by atoms with van der Waals surface area (Å²) in [7, 11) is 1.66. The lowest BCUT2D eigenvalue weighted by Gasteiger charge is -2.35. The van der Waals surface area contributed by atoms with Crippen molar-refractivity contribution in [1.82, 2.24) is 4.90 Å². The molecular weight excluding hydrogens is 296 g/mol. The second kappa shape index (κ2) is 7.41. The predicted molar refractivity (Wildman–Crippen MR) is 91.1 cm³/mol. The van der Waals surface area contributed by atoms with E-state index in [4.69, 9.17) is 0 Å². The number of carbonyl (C=O) groups excluding carboxylic acids is 1. The Labute approximate surface area is 136 Å². The molecule has 23 heavy (non-hydrogen) atoms. The maximum absolute atomic E-state index is 12.2. The normalized spacial score (nSPS) is 14.3. The third-order valence-corrected chi connectivity index (χ3v) is 4.37. The summed E-state index contributed by atoms with van der Waals surface area (Å²) in [5, 5.41) is 11.0. The van der Waals surface area contributed by atoms with Gasteiger partial charge in [-0.05, 0) is 32.1 Å². The minimum atomic E-state index is -0.433. The van der Waals surface area contributed by atoms with E-state index >= 15 is 0 Å². The first-order chi connectivity index (χ1) is 11.0. The molecule has 1 aromatic rings. The van der Waals surface area contributed by atoms with Gasteiger partial charge in [0.15, 0.2) is 0 Å². The molecule has 0 fully saturated rings. The summed E-state index contributed by atoms with van der Waals surface area (Å²) < 4.78 is 0. The van der Waals surface area contributed by atoms with Gasteiger partial charge in [-0.2, -0.15) is 0 Å². The van der Waals surface area contributed by atoms with E-state index < -0.39 is 4.92 Å². The molecule has 0 saturated heterocycles. The maximum atomic E-state index is 12.2. The summed E-state index contributed by atoms with van der Waals surface area (Å²) in [6, 6.07) is 4.72. The lowest BCUT2D eigenvalue weighted by atomic mass is 10.1. The molecule has 1 aromatic carbocycles. The monoisotopic (exact) mass is 320 g/mol. The van der Waals surface area contributed by atoms with Crippen LogP contribution in [0.2, 0.25) is 0 Å². The van der Waals surface area contributed by atoms with E-state index in [0.717, 1.165) is 38.3 Å². The second-order valence-corrected chi connectivity index (χ2v) is 5.68. The van der Waals surface area contributed by atoms with Gasteiger partial charge in [-0.25, -0.2) is 0 Å². The van der Waals surface area contributed by atoms with Crippen molar-refractivity contribution >= 4 is 23.0 Å². The van der Waals surface area contributed by atoms with E-state index in [1.165, 1.54) is 17.0 Å². The molecule has 1 aliphatic rings. The predicted octanol–water partition coefficient (Wildman–Crippen LogP) is 2.11. The quantitative estimate of drug-likeness (QED) is 0.568. The van der Waals surface area contributed by atoms with Gasteiger partial charge in [0, 0.05) is 25.7 Å². The van der Waals surface area contributed by atoms with Crippen molar-refractivity contribution in [2.75, 3.05) is 49.6 Å². The number of anilines is 2. The van der Waals surface area contributed by atoms with Crippen molar-refractivity contribution in [2.24, 2.45) is 0 Å². The highest BCUT2D eigenvalue weighted by atomic mass is 16.6. The highest BCUT2D eigenvalue weighted by Crippen LogP contribution is 2.35. The molecular formula is C16H24N4O3. The van der Waals surface area contributed by atoms with Gasteiger partial charge in [-0.3, -0.25) is 14.9 Å². The van der Waals surface area contributed by atoms with Crippen LogP contribution in [-0.4, -0.2) is 55.5 Å². The first kappa shape index (κ1) is 17.2. The Morgan fingerprint density at radius 1 is 1.26 bits per heavy atom. The number of non-ortho nitro benzene ring substituents is 1. The third kappa shape index (κ3) is 3.79. The molecule has 126 valence electrons. The average molecular weight is 320 g/mol. The van der Waals surface area contributed by atoms with Crippen LogP contribution in [-0.2, 0) is 4.79 Å². The average Bonchev–Trinajstić information content (AvgIpc) is 2.55. The molecule has 1 amide bonds. The number of fused-ring (bicyclic) bond motifs is 1. The van der Waals surface area contributed by atoms with Crippen molar-refractivity contribution in [3.8, 4) is 0 Å². The van der Waals surface area contributed by atoms with Crippen LogP contribution in [0.15, 0.2) is 18.2 Å². The van der Waals surface area contributed by atoms with Gasteiger partial charge >= 0.3 is 0 Å². The van der Waals surface area contributed by atoms with Gasteiger partial charge in [-0.1, -0.05) is 13.8 Å². The molecule has 0 bridgehead atoms. The van der Waals surface area contributed by atoms with Gasteiger partial charge < -0.3 is 14.7 Å². The molecule has 1 aliphatic heterocycles. The molecule has 7 heteroatoms. The first-order valence-electron chi connectivity index (χ1n) is 8.00. The molecule has 0 N–H and O–H groups in total. The van der Waals surface area contributed by atoms with Gasteiger partial charge in [0.05, 0.1) is 22.8 Å². The Kier molecular flexibility index (Phi) is 5.54. The van der Waals surface area contributed by atoms with E-state index in [1.807, 2.05) is 4.90 Å². The Bertz CT molecular complexity index is 587. The summed E-state index contributed by atoms with van der Waals surface area (Å²) in [6.45, 7) is 8.37. The van der Waals surface area contributed by atoms with E-state index in [2.05, 4.69) is 18.7 Å². The van der Waals surface area contributed by atoms with E-state index in [1.54, 1.807) is 13.1 Å². The largest absolute Gasteiger partial charge is 0.360 e. The number of hydrogen-bond donors (Lipinski definition) is 0. The SMILES string of the molecule is CCN(CC)CCCN1CC(=O)N(C)c2cc([N+](=O)[O-])ccc21. The molecule has 1 heterocycles. The number of amides is 1. The van der Waals surface area contributed by atoms with Crippen molar-refractivity contribution in [3.63, 3.8) is 0 Å². The molecule has 0 aromatic heterocycles. The zero-order chi connectivity index (χ0) is 17.0.